The molecule has 0 spiro atoms. The van der Waals surface area contributed by atoms with Crippen LogP contribution in [0.2, 0.25) is 0 Å². The number of nitrogens with zero attached hydrogens (tertiary/aromatic N) is 3. The van der Waals surface area contributed by atoms with Gasteiger partial charge < -0.3 is 9.84 Å². The van der Waals surface area contributed by atoms with Crippen molar-refractivity contribution < 1.29 is 4.52 Å². The molecule has 2 heterocycles. The standard InChI is InChI=1S/C15H16N4O/c1-12-9-15(20-18-12)11-16-10-13-3-5-14(6-4-13)19-8-2-7-17-19/h2-9,16H,10-11H2,1H3. The number of aromatic nitrogens is 3. The zero-order valence-electron chi connectivity index (χ0n) is 11.3. The number of hydrogen-bond donors (Lipinski definition) is 1. The van der Waals surface area contributed by atoms with Crippen LogP contribution >= 0.6 is 0 Å². The Morgan fingerprint density at radius 3 is 2.70 bits per heavy atom. The summed E-state index contributed by atoms with van der Waals surface area (Å²) < 4.78 is 6.99. The first-order valence-corrected chi connectivity index (χ1v) is 6.53. The van der Waals surface area contributed by atoms with Crippen LogP contribution in [0.4, 0.5) is 0 Å². The summed E-state index contributed by atoms with van der Waals surface area (Å²) in [5.41, 5.74) is 3.19. The molecule has 3 rings (SSSR count). The maximum absolute atomic E-state index is 5.15. The molecule has 0 saturated carbocycles. The van der Waals surface area contributed by atoms with Crippen molar-refractivity contribution in [3.05, 3.63) is 65.8 Å². The van der Waals surface area contributed by atoms with Gasteiger partial charge >= 0.3 is 0 Å². The molecular weight excluding hydrogens is 252 g/mol. The highest BCUT2D eigenvalue weighted by Crippen LogP contribution is 2.09. The van der Waals surface area contributed by atoms with E-state index in [1.165, 1.54) is 5.56 Å². The quantitative estimate of drug-likeness (QED) is 0.772. The summed E-state index contributed by atoms with van der Waals surface area (Å²) in [5, 5.41) is 11.4. The predicted molar refractivity (Wildman–Crippen MR) is 75.3 cm³/mol. The molecule has 102 valence electrons. The largest absolute Gasteiger partial charge is 0.360 e. The molecule has 0 atom stereocenters. The average molecular weight is 268 g/mol. The highest BCUT2D eigenvalue weighted by atomic mass is 16.5. The molecule has 0 aliphatic heterocycles. The lowest BCUT2D eigenvalue weighted by Gasteiger charge is -2.05. The second kappa shape index (κ2) is 5.71. The molecule has 5 nitrogen and oxygen atoms in total. The molecule has 1 aromatic carbocycles. The van der Waals surface area contributed by atoms with Crippen LogP contribution in [0.15, 0.2) is 53.3 Å². The molecule has 1 N–H and O–H groups in total. The Balaban J connectivity index is 1.56. The van der Waals surface area contributed by atoms with Gasteiger partial charge in [0.1, 0.15) is 0 Å². The van der Waals surface area contributed by atoms with Gasteiger partial charge in [0, 0.05) is 25.0 Å². The second-order valence-electron chi connectivity index (χ2n) is 4.66. The predicted octanol–water partition coefficient (Wildman–Crippen LogP) is 2.46. The smallest absolute Gasteiger partial charge is 0.150 e. The van der Waals surface area contributed by atoms with E-state index in [-0.39, 0.29) is 0 Å². The number of rotatable bonds is 5. The van der Waals surface area contributed by atoms with Crippen LogP contribution in [0.5, 0.6) is 0 Å². The summed E-state index contributed by atoms with van der Waals surface area (Å²) >= 11 is 0. The lowest BCUT2D eigenvalue weighted by atomic mass is 10.2. The van der Waals surface area contributed by atoms with Crippen LogP contribution in [0.25, 0.3) is 5.69 Å². The number of nitrogens with one attached hydrogen (secondary N) is 1. The summed E-state index contributed by atoms with van der Waals surface area (Å²) in [4.78, 5) is 0. The van der Waals surface area contributed by atoms with E-state index in [2.05, 4.69) is 39.8 Å². The van der Waals surface area contributed by atoms with Crippen LogP contribution in [0.3, 0.4) is 0 Å². The van der Waals surface area contributed by atoms with E-state index in [4.69, 9.17) is 4.52 Å². The van der Waals surface area contributed by atoms with Gasteiger partial charge in [-0.15, -0.1) is 0 Å². The van der Waals surface area contributed by atoms with Gasteiger partial charge in [0.05, 0.1) is 17.9 Å². The van der Waals surface area contributed by atoms with Crippen molar-refractivity contribution in [3.63, 3.8) is 0 Å². The van der Waals surface area contributed by atoms with Gasteiger partial charge in [-0.2, -0.15) is 5.10 Å². The van der Waals surface area contributed by atoms with Crippen LogP contribution in [0, 0.1) is 6.92 Å². The van der Waals surface area contributed by atoms with Crippen molar-refractivity contribution in [2.75, 3.05) is 0 Å². The average Bonchev–Trinajstić information content (AvgIpc) is 3.11. The molecule has 0 aliphatic carbocycles. The normalized spacial score (nSPS) is 10.8. The number of hydrogen-bond acceptors (Lipinski definition) is 4. The van der Waals surface area contributed by atoms with Crippen molar-refractivity contribution in [2.45, 2.75) is 20.0 Å². The monoisotopic (exact) mass is 268 g/mol. The molecule has 0 aliphatic rings. The van der Waals surface area contributed by atoms with Crippen LogP contribution < -0.4 is 5.32 Å². The lowest BCUT2D eigenvalue weighted by Crippen LogP contribution is -2.12. The highest BCUT2D eigenvalue weighted by Gasteiger charge is 2.01. The van der Waals surface area contributed by atoms with Crippen molar-refractivity contribution in [1.29, 1.82) is 0 Å². The first-order chi connectivity index (χ1) is 9.81. The number of aryl methyl sites for hydroxylation is 1. The summed E-state index contributed by atoms with van der Waals surface area (Å²) in [6.07, 6.45) is 3.70. The maximum atomic E-state index is 5.15. The van der Waals surface area contributed by atoms with E-state index in [9.17, 15) is 0 Å². The van der Waals surface area contributed by atoms with Crippen LogP contribution in [-0.2, 0) is 13.1 Å². The fourth-order valence-corrected chi connectivity index (χ4v) is 2.02. The van der Waals surface area contributed by atoms with Crippen molar-refractivity contribution in [2.24, 2.45) is 0 Å². The third-order valence-corrected chi connectivity index (χ3v) is 3.01. The van der Waals surface area contributed by atoms with Gasteiger partial charge in [-0.1, -0.05) is 17.3 Å². The molecule has 5 heteroatoms. The third kappa shape index (κ3) is 2.95. The molecule has 0 amide bonds. The minimum Gasteiger partial charge on any atom is -0.360 e. The Hall–Kier alpha value is -2.40. The summed E-state index contributed by atoms with van der Waals surface area (Å²) in [5.74, 6) is 0.857. The number of benzene rings is 1. The zero-order chi connectivity index (χ0) is 13.8. The molecule has 0 bridgehead atoms. The Labute approximate surface area is 117 Å². The molecule has 2 aromatic heterocycles. The van der Waals surface area contributed by atoms with Gasteiger partial charge in [-0.05, 0) is 30.7 Å². The van der Waals surface area contributed by atoms with E-state index in [0.717, 1.165) is 23.7 Å². The summed E-state index contributed by atoms with van der Waals surface area (Å²) in [7, 11) is 0. The molecule has 20 heavy (non-hydrogen) atoms. The van der Waals surface area contributed by atoms with Gasteiger partial charge in [-0.3, -0.25) is 0 Å². The van der Waals surface area contributed by atoms with E-state index in [1.807, 2.05) is 29.9 Å². The Bertz CT molecular complexity index is 656. The molecular formula is C15H16N4O. The van der Waals surface area contributed by atoms with Crippen molar-refractivity contribution in [3.8, 4) is 5.69 Å². The molecule has 3 aromatic rings. The second-order valence-corrected chi connectivity index (χ2v) is 4.66. The highest BCUT2D eigenvalue weighted by molar-refractivity contribution is 5.33. The van der Waals surface area contributed by atoms with E-state index in [0.29, 0.717) is 6.54 Å². The zero-order valence-corrected chi connectivity index (χ0v) is 11.3. The fraction of sp³-hybridized carbons (Fsp3) is 0.200. The van der Waals surface area contributed by atoms with E-state index < -0.39 is 0 Å². The summed E-state index contributed by atoms with van der Waals surface area (Å²) in [6, 6.07) is 12.2. The Kier molecular flexibility index (Phi) is 3.60. The summed E-state index contributed by atoms with van der Waals surface area (Å²) in [6.45, 7) is 3.39. The Morgan fingerprint density at radius 2 is 2.05 bits per heavy atom. The third-order valence-electron chi connectivity index (χ3n) is 3.01. The fourth-order valence-electron chi connectivity index (χ4n) is 2.02. The minimum absolute atomic E-state index is 0.682. The SMILES string of the molecule is Cc1cc(CNCc2ccc(-n3cccn3)cc2)on1. The lowest BCUT2D eigenvalue weighted by molar-refractivity contribution is 0.369. The molecule has 0 saturated heterocycles. The molecule has 0 fully saturated rings. The van der Waals surface area contributed by atoms with Crippen LogP contribution in [-0.4, -0.2) is 14.9 Å². The molecule has 0 radical (unpaired) electrons. The first-order valence-electron chi connectivity index (χ1n) is 6.53. The first kappa shape index (κ1) is 12.6. The van der Waals surface area contributed by atoms with Gasteiger partial charge in [0.2, 0.25) is 0 Å². The minimum atomic E-state index is 0.682. The Morgan fingerprint density at radius 1 is 1.20 bits per heavy atom. The van der Waals surface area contributed by atoms with Crippen molar-refractivity contribution in [1.82, 2.24) is 20.3 Å². The van der Waals surface area contributed by atoms with Crippen LogP contribution in [0.1, 0.15) is 17.0 Å². The maximum Gasteiger partial charge on any atom is 0.150 e. The molecule has 0 unspecified atom stereocenters. The van der Waals surface area contributed by atoms with Gasteiger partial charge in [0.15, 0.2) is 5.76 Å². The van der Waals surface area contributed by atoms with Gasteiger partial charge in [-0.25, -0.2) is 4.68 Å². The van der Waals surface area contributed by atoms with Gasteiger partial charge in [0.25, 0.3) is 0 Å². The van der Waals surface area contributed by atoms with Crippen molar-refractivity contribution >= 4 is 0 Å². The topological polar surface area (TPSA) is 55.9 Å². The van der Waals surface area contributed by atoms with E-state index in [1.54, 1.807) is 6.20 Å². The van der Waals surface area contributed by atoms with E-state index >= 15 is 0 Å².